The van der Waals surface area contributed by atoms with E-state index in [1.807, 2.05) is 51.1 Å². The van der Waals surface area contributed by atoms with Gasteiger partial charge in [-0.1, -0.05) is 44.2 Å². The van der Waals surface area contributed by atoms with Crippen molar-refractivity contribution in [2.24, 2.45) is 0 Å². The van der Waals surface area contributed by atoms with E-state index in [-0.39, 0.29) is 11.6 Å². The molecule has 1 aromatic carbocycles. The lowest BCUT2D eigenvalue weighted by molar-refractivity contribution is 0.210. The molecule has 0 amide bonds. The van der Waals surface area contributed by atoms with Crippen LogP contribution in [0.2, 0.25) is 0 Å². The highest BCUT2D eigenvalue weighted by Gasteiger charge is 2.36. The molecule has 0 aliphatic rings. The largest absolute Gasteiger partial charge is 0.334 e. The van der Waals surface area contributed by atoms with Crippen molar-refractivity contribution in [3.63, 3.8) is 0 Å². The molecule has 0 saturated carbocycles. The second kappa shape index (κ2) is 7.08. The third-order valence-corrected chi connectivity index (χ3v) is 5.85. The van der Waals surface area contributed by atoms with E-state index in [1.54, 1.807) is 0 Å². The maximum absolute atomic E-state index is 12.7. The number of hydrogen-bond acceptors (Lipinski definition) is 3. The summed E-state index contributed by atoms with van der Waals surface area (Å²) in [4.78, 5) is 0. The molecule has 0 heterocycles. The lowest BCUT2D eigenvalue weighted by Crippen LogP contribution is -2.16. The smallest absolute Gasteiger partial charge is 0.309 e. The molecule has 0 aliphatic heterocycles. The first-order chi connectivity index (χ1) is 8.55. The average molecular weight is 270 g/mol. The lowest BCUT2D eigenvalue weighted by atomic mass is 9.98. The van der Waals surface area contributed by atoms with Gasteiger partial charge in [0, 0.05) is 0 Å². The molecule has 4 heteroatoms. The zero-order valence-electron chi connectivity index (χ0n) is 11.6. The Labute approximate surface area is 110 Å². The van der Waals surface area contributed by atoms with Crippen LogP contribution in [0.1, 0.15) is 39.2 Å². The van der Waals surface area contributed by atoms with E-state index < -0.39 is 7.60 Å². The molecule has 2 unspecified atom stereocenters. The Balaban J connectivity index is 2.89. The summed E-state index contributed by atoms with van der Waals surface area (Å²) in [5, 5.41) is 0. The summed E-state index contributed by atoms with van der Waals surface area (Å²) in [6.45, 7) is 8.48. The van der Waals surface area contributed by atoms with Gasteiger partial charge >= 0.3 is 7.60 Å². The van der Waals surface area contributed by atoms with Gasteiger partial charge in [0.25, 0.3) is 0 Å². The molecule has 2 atom stereocenters. The first-order valence-corrected chi connectivity index (χ1v) is 8.10. The number of hydrogen-bond donors (Lipinski definition) is 0. The van der Waals surface area contributed by atoms with E-state index in [9.17, 15) is 4.57 Å². The third-order valence-electron chi connectivity index (χ3n) is 3.17. The Bertz CT molecular complexity index is 381. The van der Waals surface area contributed by atoms with Crippen LogP contribution in [-0.2, 0) is 13.6 Å². The minimum absolute atomic E-state index is 0.134. The standard InChI is InChI=1S/C14H23O3P/c1-5-16-18(15,17-6-2)13(4)12(3)14-10-8-7-9-11-14/h7-13H,5-6H2,1-4H3. The predicted octanol–water partition coefficient (Wildman–Crippen LogP) is 4.44. The summed E-state index contributed by atoms with van der Waals surface area (Å²) in [5.74, 6) is 0.134. The highest BCUT2D eigenvalue weighted by Crippen LogP contribution is 2.56. The second-order valence-electron chi connectivity index (χ2n) is 4.32. The molecule has 0 aromatic heterocycles. The minimum Gasteiger partial charge on any atom is -0.309 e. The van der Waals surface area contributed by atoms with Gasteiger partial charge in [-0.2, -0.15) is 0 Å². The molecule has 0 N–H and O–H groups in total. The van der Waals surface area contributed by atoms with Gasteiger partial charge in [0.05, 0.1) is 18.9 Å². The van der Waals surface area contributed by atoms with Crippen LogP contribution >= 0.6 is 7.60 Å². The van der Waals surface area contributed by atoms with Gasteiger partial charge in [-0.05, 0) is 25.3 Å². The zero-order chi connectivity index (χ0) is 13.6. The Morgan fingerprint density at radius 3 is 2.00 bits per heavy atom. The maximum Gasteiger partial charge on any atom is 0.334 e. The molecule has 102 valence electrons. The van der Waals surface area contributed by atoms with Gasteiger partial charge < -0.3 is 9.05 Å². The Morgan fingerprint density at radius 2 is 1.56 bits per heavy atom. The van der Waals surface area contributed by atoms with Gasteiger partial charge in [-0.25, -0.2) is 0 Å². The van der Waals surface area contributed by atoms with E-state index in [0.29, 0.717) is 13.2 Å². The normalized spacial score (nSPS) is 15.3. The summed E-state index contributed by atoms with van der Waals surface area (Å²) >= 11 is 0. The third kappa shape index (κ3) is 3.68. The summed E-state index contributed by atoms with van der Waals surface area (Å²) in [7, 11) is -3.03. The van der Waals surface area contributed by atoms with E-state index in [4.69, 9.17) is 9.05 Å². The molecule has 1 aromatic rings. The highest BCUT2D eigenvalue weighted by atomic mass is 31.2. The minimum atomic E-state index is -3.03. The van der Waals surface area contributed by atoms with Crippen LogP contribution in [0.15, 0.2) is 30.3 Å². The Hall–Kier alpha value is -0.630. The van der Waals surface area contributed by atoms with Crippen molar-refractivity contribution >= 4 is 7.60 Å². The van der Waals surface area contributed by atoms with Gasteiger partial charge in [-0.15, -0.1) is 0 Å². The molecule has 1 rings (SSSR count). The molecule has 0 saturated heterocycles. The van der Waals surface area contributed by atoms with Crippen LogP contribution in [-0.4, -0.2) is 18.9 Å². The number of benzene rings is 1. The van der Waals surface area contributed by atoms with Crippen molar-refractivity contribution in [3.8, 4) is 0 Å². The Morgan fingerprint density at radius 1 is 1.06 bits per heavy atom. The van der Waals surface area contributed by atoms with Crippen LogP contribution in [0.3, 0.4) is 0 Å². The quantitative estimate of drug-likeness (QED) is 0.687. The molecule has 0 bridgehead atoms. The summed E-state index contributed by atoms with van der Waals surface area (Å²) in [6, 6.07) is 10.0. The van der Waals surface area contributed by atoms with Crippen LogP contribution in [0.4, 0.5) is 0 Å². The molecule has 18 heavy (non-hydrogen) atoms. The second-order valence-corrected chi connectivity index (χ2v) is 6.73. The summed E-state index contributed by atoms with van der Waals surface area (Å²) in [6.07, 6.45) is 0. The van der Waals surface area contributed by atoms with Crippen LogP contribution in [0, 0.1) is 0 Å². The van der Waals surface area contributed by atoms with Crippen molar-refractivity contribution in [1.82, 2.24) is 0 Å². The SMILES string of the molecule is CCOP(=O)(OCC)C(C)C(C)c1ccccc1. The molecule has 0 radical (unpaired) electrons. The van der Waals surface area contributed by atoms with Crippen molar-refractivity contribution in [2.45, 2.75) is 39.3 Å². The topological polar surface area (TPSA) is 35.5 Å². The number of rotatable bonds is 7. The van der Waals surface area contributed by atoms with Crippen molar-refractivity contribution < 1.29 is 13.6 Å². The lowest BCUT2D eigenvalue weighted by Gasteiger charge is -2.28. The predicted molar refractivity (Wildman–Crippen MR) is 75.2 cm³/mol. The van der Waals surface area contributed by atoms with E-state index in [1.165, 1.54) is 0 Å². The van der Waals surface area contributed by atoms with E-state index >= 15 is 0 Å². The van der Waals surface area contributed by atoms with Crippen LogP contribution in [0.5, 0.6) is 0 Å². The fourth-order valence-corrected chi connectivity index (χ4v) is 3.93. The highest BCUT2D eigenvalue weighted by molar-refractivity contribution is 7.54. The van der Waals surface area contributed by atoms with Crippen molar-refractivity contribution in [1.29, 1.82) is 0 Å². The van der Waals surface area contributed by atoms with Crippen LogP contribution in [0.25, 0.3) is 0 Å². The first-order valence-electron chi connectivity index (χ1n) is 6.48. The monoisotopic (exact) mass is 270 g/mol. The average Bonchev–Trinajstić information content (AvgIpc) is 2.38. The van der Waals surface area contributed by atoms with E-state index in [0.717, 1.165) is 5.56 Å². The summed E-state index contributed by atoms with van der Waals surface area (Å²) < 4.78 is 23.5. The maximum atomic E-state index is 12.7. The molecule has 3 nitrogen and oxygen atoms in total. The zero-order valence-corrected chi connectivity index (χ0v) is 12.5. The van der Waals surface area contributed by atoms with Gasteiger partial charge in [0.2, 0.25) is 0 Å². The van der Waals surface area contributed by atoms with Crippen molar-refractivity contribution in [3.05, 3.63) is 35.9 Å². The fraction of sp³-hybridized carbons (Fsp3) is 0.571. The van der Waals surface area contributed by atoms with Crippen LogP contribution < -0.4 is 0 Å². The molecule has 0 spiro atoms. The molecular weight excluding hydrogens is 247 g/mol. The fourth-order valence-electron chi connectivity index (χ4n) is 1.94. The van der Waals surface area contributed by atoms with Gasteiger partial charge in [0.1, 0.15) is 0 Å². The van der Waals surface area contributed by atoms with Crippen molar-refractivity contribution in [2.75, 3.05) is 13.2 Å². The molecular formula is C14H23O3P. The Kier molecular flexibility index (Phi) is 6.07. The molecule has 0 fully saturated rings. The van der Waals surface area contributed by atoms with Gasteiger partial charge in [0.15, 0.2) is 0 Å². The van der Waals surface area contributed by atoms with Gasteiger partial charge in [-0.3, -0.25) is 4.57 Å². The summed E-state index contributed by atoms with van der Waals surface area (Å²) in [5.41, 5.74) is 1.00. The first kappa shape index (κ1) is 15.4. The van der Waals surface area contributed by atoms with E-state index in [2.05, 4.69) is 6.92 Å². The molecule has 0 aliphatic carbocycles.